The highest BCUT2D eigenvalue weighted by Crippen LogP contribution is 2.25. The van der Waals surface area contributed by atoms with E-state index in [4.69, 9.17) is 14.3 Å². The predicted octanol–water partition coefficient (Wildman–Crippen LogP) is 2.41. The average molecular weight is 304 g/mol. The summed E-state index contributed by atoms with van der Waals surface area (Å²) in [5.41, 5.74) is 1.90. The lowest BCUT2D eigenvalue weighted by Gasteiger charge is -2.05. The highest BCUT2D eigenvalue weighted by Gasteiger charge is 2.06. The molecule has 0 aliphatic carbocycles. The van der Waals surface area contributed by atoms with Gasteiger partial charge in [0.05, 0.1) is 19.3 Å². The first-order chi connectivity index (χ1) is 10.2. The van der Waals surface area contributed by atoms with Gasteiger partial charge in [0.15, 0.2) is 0 Å². The van der Waals surface area contributed by atoms with E-state index in [1.807, 2.05) is 18.2 Å². The number of hydrogen-bond donors (Lipinski definition) is 1. The summed E-state index contributed by atoms with van der Waals surface area (Å²) in [4.78, 5) is 0. The first kappa shape index (κ1) is 15.4. The fourth-order valence-corrected chi connectivity index (χ4v) is 2.39. The van der Waals surface area contributed by atoms with Gasteiger partial charge in [0.25, 0.3) is 5.22 Å². The van der Waals surface area contributed by atoms with Crippen LogP contribution in [0.15, 0.2) is 27.8 Å². The lowest BCUT2D eigenvalue weighted by atomic mass is 10.1. The van der Waals surface area contributed by atoms with E-state index >= 15 is 0 Å². The zero-order valence-electron chi connectivity index (χ0n) is 11.9. The Labute approximate surface area is 127 Å². The Hall–Kier alpha value is -1.97. The fraction of sp³-hybridized carbons (Fsp3) is 0.333. The summed E-state index contributed by atoms with van der Waals surface area (Å²) < 4.78 is 10.6. The zero-order chi connectivity index (χ0) is 15.1. The van der Waals surface area contributed by atoms with Crippen molar-refractivity contribution in [3.8, 4) is 17.6 Å². The van der Waals surface area contributed by atoms with Gasteiger partial charge in [0.1, 0.15) is 5.75 Å². The summed E-state index contributed by atoms with van der Waals surface area (Å²) in [6.07, 6.45) is 0.448. The van der Waals surface area contributed by atoms with Crippen LogP contribution < -0.4 is 4.74 Å². The van der Waals surface area contributed by atoms with Crippen LogP contribution in [0.2, 0.25) is 0 Å². The lowest BCUT2D eigenvalue weighted by molar-refractivity contribution is 0.305. The molecule has 0 saturated heterocycles. The van der Waals surface area contributed by atoms with E-state index in [9.17, 15) is 0 Å². The Morgan fingerprint density at radius 3 is 2.90 bits per heavy atom. The molecule has 0 radical (unpaired) electrons. The van der Waals surface area contributed by atoms with Crippen LogP contribution in [0, 0.1) is 18.8 Å². The molecule has 0 saturated carbocycles. The van der Waals surface area contributed by atoms with Crippen molar-refractivity contribution in [2.24, 2.45) is 0 Å². The number of hydrogen-bond acceptors (Lipinski definition) is 6. The molecule has 0 spiro atoms. The van der Waals surface area contributed by atoms with E-state index in [1.54, 1.807) is 14.0 Å². The number of aryl methyl sites for hydroxylation is 1. The minimum atomic E-state index is 0.0569. The molecule has 21 heavy (non-hydrogen) atoms. The zero-order valence-corrected chi connectivity index (χ0v) is 12.7. The molecule has 0 aliphatic rings. The number of methoxy groups -OCH3 is 1. The van der Waals surface area contributed by atoms with Crippen molar-refractivity contribution in [1.82, 2.24) is 10.2 Å². The van der Waals surface area contributed by atoms with Crippen LogP contribution in [0.4, 0.5) is 0 Å². The molecule has 0 fully saturated rings. The molecule has 0 aliphatic heterocycles. The Bertz CT molecular complexity index is 658. The van der Waals surface area contributed by atoms with E-state index in [2.05, 4.69) is 22.0 Å². The van der Waals surface area contributed by atoms with Crippen molar-refractivity contribution in [3.05, 3.63) is 35.2 Å². The Morgan fingerprint density at radius 2 is 2.24 bits per heavy atom. The van der Waals surface area contributed by atoms with Crippen LogP contribution in [0.5, 0.6) is 5.75 Å². The van der Waals surface area contributed by atoms with Gasteiger partial charge in [-0.05, 0) is 17.7 Å². The molecular formula is C15H16N2O3S. The number of rotatable bonds is 5. The molecule has 6 heteroatoms. The number of thioether (sulfide) groups is 1. The van der Waals surface area contributed by atoms with Gasteiger partial charge in [0.2, 0.25) is 5.89 Å². The number of benzene rings is 1. The van der Waals surface area contributed by atoms with Gasteiger partial charge in [-0.2, -0.15) is 0 Å². The fourth-order valence-electron chi connectivity index (χ4n) is 1.64. The maximum absolute atomic E-state index is 8.78. The monoisotopic (exact) mass is 304 g/mol. The van der Waals surface area contributed by atoms with E-state index in [-0.39, 0.29) is 6.61 Å². The molecule has 0 unspecified atom stereocenters. The van der Waals surface area contributed by atoms with E-state index < -0.39 is 0 Å². The molecule has 110 valence electrons. The first-order valence-electron chi connectivity index (χ1n) is 6.42. The summed E-state index contributed by atoms with van der Waals surface area (Å²) in [5.74, 6) is 7.91. The number of aliphatic hydroxyl groups is 1. The normalized spacial score (nSPS) is 10.0. The van der Waals surface area contributed by atoms with Crippen LogP contribution in [-0.4, -0.2) is 29.0 Å². The third-order valence-electron chi connectivity index (χ3n) is 2.59. The molecule has 1 aromatic heterocycles. The van der Waals surface area contributed by atoms with Crippen LogP contribution in [0.25, 0.3) is 0 Å². The van der Waals surface area contributed by atoms with Gasteiger partial charge < -0.3 is 14.3 Å². The lowest BCUT2D eigenvalue weighted by Crippen LogP contribution is -1.90. The average Bonchev–Trinajstić information content (AvgIpc) is 2.91. The van der Waals surface area contributed by atoms with Crippen molar-refractivity contribution in [1.29, 1.82) is 0 Å². The third kappa shape index (κ3) is 4.52. The second-order valence-corrected chi connectivity index (χ2v) is 5.11. The van der Waals surface area contributed by atoms with Crippen LogP contribution in [0.1, 0.15) is 23.4 Å². The summed E-state index contributed by atoms with van der Waals surface area (Å²) in [5, 5.41) is 17.1. The first-order valence-corrected chi connectivity index (χ1v) is 7.41. The molecule has 0 atom stereocenters. The van der Waals surface area contributed by atoms with Crippen LogP contribution >= 0.6 is 11.8 Å². The molecule has 2 aromatic rings. The van der Waals surface area contributed by atoms with Gasteiger partial charge in [-0.3, -0.25) is 0 Å². The maximum Gasteiger partial charge on any atom is 0.276 e. The molecule has 0 bridgehead atoms. The molecule has 5 nitrogen and oxygen atoms in total. The minimum Gasteiger partial charge on any atom is -0.495 e. The standard InChI is InChI=1S/C15H16N2O3S/c1-11-16-17-15(20-11)21-10-12-6-7-14(19-2)13(9-12)5-3-4-8-18/h6-7,9,18H,4,8,10H2,1-2H3. The molecule has 0 amide bonds. The quantitative estimate of drug-likeness (QED) is 0.676. The number of aromatic nitrogens is 2. The van der Waals surface area contributed by atoms with Crippen LogP contribution in [0.3, 0.4) is 0 Å². The van der Waals surface area contributed by atoms with Gasteiger partial charge in [-0.25, -0.2) is 0 Å². The second-order valence-electron chi connectivity index (χ2n) is 4.19. The molecule has 1 aromatic carbocycles. The molecule has 2 rings (SSSR count). The van der Waals surface area contributed by atoms with Crippen molar-refractivity contribution >= 4 is 11.8 Å². The molecular weight excluding hydrogens is 288 g/mol. The van der Waals surface area contributed by atoms with Gasteiger partial charge in [-0.15, -0.1) is 10.2 Å². The van der Waals surface area contributed by atoms with Crippen molar-refractivity contribution in [2.45, 2.75) is 24.3 Å². The van der Waals surface area contributed by atoms with Gasteiger partial charge in [-0.1, -0.05) is 29.7 Å². The second kappa shape index (κ2) is 7.72. The van der Waals surface area contributed by atoms with Gasteiger partial charge in [0, 0.05) is 19.1 Å². The Balaban J connectivity index is 2.10. The molecule has 1 heterocycles. The smallest absolute Gasteiger partial charge is 0.276 e. The highest BCUT2D eigenvalue weighted by atomic mass is 32.2. The summed E-state index contributed by atoms with van der Waals surface area (Å²) in [6, 6.07) is 5.84. The topological polar surface area (TPSA) is 68.4 Å². The van der Waals surface area contributed by atoms with E-state index in [0.29, 0.717) is 23.3 Å². The Morgan fingerprint density at radius 1 is 1.38 bits per heavy atom. The van der Waals surface area contributed by atoms with Crippen molar-refractivity contribution < 1.29 is 14.3 Å². The van der Waals surface area contributed by atoms with Gasteiger partial charge >= 0.3 is 0 Å². The minimum absolute atomic E-state index is 0.0569. The summed E-state index contributed by atoms with van der Waals surface area (Å²) >= 11 is 1.48. The van der Waals surface area contributed by atoms with Crippen molar-refractivity contribution in [2.75, 3.05) is 13.7 Å². The summed E-state index contributed by atoms with van der Waals surface area (Å²) in [7, 11) is 1.61. The van der Waals surface area contributed by atoms with Crippen LogP contribution in [-0.2, 0) is 5.75 Å². The predicted molar refractivity (Wildman–Crippen MR) is 80.2 cm³/mol. The SMILES string of the molecule is COc1ccc(CSc2nnc(C)o2)cc1C#CCCO. The Kier molecular flexibility index (Phi) is 5.67. The number of aliphatic hydroxyl groups excluding tert-OH is 1. The largest absolute Gasteiger partial charge is 0.495 e. The maximum atomic E-state index is 8.78. The third-order valence-corrected chi connectivity index (χ3v) is 3.48. The van der Waals surface area contributed by atoms with E-state index in [1.165, 1.54) is 11.8 Å². The number of nitrogens with zero attached hydrogens (tertiary/aromatic N) is 2. The highest BCUT2D eigenvalue weighted by molar-refractivity contribution is 7.98. The summed E-state index contributed by atoms with van der Waals surface area (Å²) in [6.45, 7) is 1.82. The number of ether oxygens (including phenoxy) is 1. The van der Waals surface area contributed by atoms with E-state index in [0.717, 1.165) is 16.9 Å². The van der Waals surface area contributed by atoms with Crippen molar-refractivity contribution in [3.63, 3.8) is 0 Å². The molecule has 1 N–H and O–H groups in total.